The third kappa shape index (κ3) is 4.99. The third-order valence-corrected chi connectivity index (χ3v) is 4.23. The molecule has 25 heavy (non-hydrogen) atoms. The van der Waals surface area contributed by atoms with Gasteiger partial charge < -0.3 is 14.8 Å². The van der Waals surface area contributed by atoms with Gasteiger partial charge in [0.2, 0.25) is 0 Å². The Morgan fingerprint density at radius 3 is 2.48 bits per heavy atom. The average Bonchev–Trinajstić information content (AvgIpc) is 2.59. The molecule has 0 saturated heterocycles. The summed E-state index contributed by atoms with van der Waals surface area (Å²) < 4.78 is 11.1. The van der Waals surface area contributed by atoms with Crippen LogP contribution < -0.4 is 14.8 Å². The molecule has 1 amide bonds. The van der Waals surface area contributed by atoms with Crippen LogP contribution in [0.5, 0.6) is 11.5 Å². The van der Waals surface area contributed by atoms with Gasteiger partial charge in [0.05, 0.1) is 13.2 Å². The fraction of sp³-hybridized carbons (Fsp3) is 0.381. The zero-order valence-electron chi connectivity index (χ0n) is 15.6. The minimum atomic E-state index is -0.541. The van der Waals surface area contributed by atoms with E-state index in [0.717, 1.165) is 5.56 Å². The van der Waals surface area contributed by atoms with Gasteiger partial charge in [0.15, 0.2) is 6.10 Å². The second-order valence-electron chi connectivity index (χ2n) is 6.28. The largest absolute Gasteiger partial charge is 0.497 e. The lowest BCUT2D eigenvalue weighted by atomic mass is 10.00. The first-order chi connectivity index (χ1) is 11.9. The van der Waals surface area contributed by atoms with Crippen molar-refractivity contribution in [1.82, 2.24) is 5.32 Å². The van der Waals surface area contributed by atoms with Crippen molar-refractivity contribution in [1.29, 1.82) is 0 Å². The molecule has 0 spiro atoms. The van der Waals surface area contributed by atoms with Crippen LogP contribution in [-0.4, -0.2) is 19.1 Å². The molecule has 134 valence electrons. The molecule has 0 aliphatic heterocycles. The Morgan fingerprint density at radius 2 is 1.84 bits per heavy atom. The number of hydrogen-bond acceptors (Lipinski definition) is 3. The van der Waals surface area contributed by atoms with Crippen molar-refractivity contribution in [2.24, 2.45) is 0 Å². The van der Waals surface area contributed by atoms with Crippen LogP contribution in [0.2, 0.25) is 0 Å². The molecule has 1 N–H and O–H groups in total. The molecule has 2 aromatic rings. The number of aryl methyl sites for hydroxylation is 2. The SMILES string of the molecule is CCC(Oc1cccc(OC)c1)C(=O)NC(C)c1ccc(C)cc1C. The Balaban J connectivity index is 2.06. The van der Waals surface area contributed by atoms with Crippen molar-refractivity contribution in [2.45, 2.75) is 46.3 Å². The van der Waals surface area contributed by atoms with Crippen LogP contribution in [0.25, 0.3) is 0 Å². The summed E-state index contributed by atoms with van der Waals surface area (Å²) in [5.41, 5.74) is 3.51. The fourth-order valence-electron chi connectivity index (χ4n) is 2.86. The molecular formula is C21H27NO3. The summed E-state index contributed by atoms with van der Waals surface area (Å²) in [6.45, 7) is 8.06. The monoisotopic (exact) mass is 341 g/mol. The Labute approximate surface area is 150 Å². The van der Waals surface area contributed by atoms with Gasteiger partial charge in [-0.15, -0.1) is 0 Å². The van der Waals surface area contributed by atoms with Gasteiger partial charge >= 0.3 is 0 Å². The first kappa shape index (κ1) is 18.8. The Morgan fingerprint density at radius 1 is 1.12 bits per heavy atom. The third-order valence-electron chi connectivity index (χ3n) is 4.23. The maximum absolute atomic E-state index is 12.6. The van der Waals surface area contributed by atoms with Crippen molar-refractivity contribution in [3.63, 3.8) is 0 Å². The summed E-state index contributed by atoms with van der Waals surface area (Å²) in [5, 5.41) is 3.06. The molecule has 0 aromatic heterocycles. The molecule has 4 heteroatoms. The number of rotatable bonds is 7. The van der Waals surface area contributed by atoms with Gasteiger partial charge in [-0.2, -0.15) is 0 Å². The summed E-state index contributed by atoms with van der Waals surface area (Å²) in [7, 11) is 1.61. The van der Waals surface area contributed by atoms with Crippen molar-refractivity contribution in [2.75, 3.05) is 7.11 Å². The van der Waals surface area contributed by atoms with Gasteiger partial charge in [-0.1, -0.05) is 36.8 Å². The smallest absolute Gasteiger partial charge is 0.261 e. The van der Waals surface area contributed by atoms with E-state index in [4.69, 9.17) is 9.47 Å². The van der Waals surface area contributed by atoms with Gasteiger partial charge in [0.25, 0.3) is 5.91 Å². The zero-order chi connectivity index (χ0) is 18.4. The predicted octanol–water partition coefficient (Wildman–Crippen LogP) is 4.35. The molecule has 0 aliphatic rings. The van der Waals surface area contributed by atoms with E-state index in [2.05, 4.69) is 37.4 Å². The number of methoxy groups -OCH3 is 1. The molecule has 4 nitrogen and oxygen atoms in total. The summed E-state index contributed by atoms with van der Waals surface area (Å²) in [6.07, 6.45) is 0.0446. The van der Waals surface area contributed by atoms with E-state index in [1.54, 1.807) is 13.2 Å². The fourth-order valence-corrected chi connectivity index (χ4v) is 2.86. The van der Waals surface area contributed by atoms with Crippen LogP contribution in [0.1, 0.15) is 43.0 Å². The zero-order valence-corrected chi connectivity index (χ0v) is 15.6. The van der Waals surface area contributed by atoms with Crippen LogP contribution in [0.15, 0.2) is 42.5 Å². The molecule has 0 saturated carbocycles. The maximum atomic E-state index is 12.6. The summed E-state index contributed by atoms with van der Waals surface area (Å²) in [6, 6.07) is 13.5. The van der Waals surface area contributed by atoms with Gasteiger partial charge in [0.1, 0.15) is 11.5 Å². The van der Waals surface area contributed by atoms with Crippen molar-refractivity contribution < 1.29 is 14.3 Å². The summed E-state index contributed by atoms with van der Waals surface area (Å²) in [4.78, 5) is 12.6. The molecule has 0 fully saturated rings. The van der Waals surface area contributed by atoms with E-state index < -0.39 is 6.10 Å². The number of ether oxygens (including phenoxy) is 2. The number of nitrogens with one attached hydrogen (secondary N) is 1. The number of hydrogen-bond donors (Lipinski definition) is 1. The minimum Gasteiger partial charge on any atom is -0.497 e. The van der Waals surface area contributed by atoms with E-state index in [1.807, 2.05) is 32.0 Å². The van der Waals surface area contributed by atoms with Crippen LogP contribution in [-0.2, 0) is 4.79 Å². The molecule has 0 bridgehead atoms. The lowest BCUT2D eigenvalue weighted by Crippen LogP contribution is -2.39. The maximum Gasteiger partial charge on any atom is 0.261 e. The van der Waals surface area contributed by atoms with Crippen LogP contribution in [0.4, 0.5) is 0 Å². The van der Waals surface area contributed by atoms with Gasteiger partial charge in [-0.25, -0.2) is 0 Å². The summed E-state index contributed by atoms with van der Waals surface area (Å²) >= 11 is 0. The molecular weight excluding hydrogens is 314 g/mol. The van der Waals surface area contributed by atoms with Gasteiger partial charge in [-0.3, -0.25) is 4.79 Å². The van der Waals surface area contributed by atoms with E-state index >= 15 is 0 Å². The summed E-state index contributed by atoms with van der Waals surface area (Å²) in [5.74, 6) is 1.22. The topological polar surface area (TPSA) is 47.6 Å². The molecule has 0 aliphatic carbocycles. The molecule has 0 heterocycles. The number of amides is 1. The van der Waals surface area contributed by atoms with Crippen LogP contribution in [0.3, 0.4) is 0 Å². The Kier molecular flexibility index (Phi) is 6.45. The Hall–Kier alpha value is -2.49. The normalized spacial score (nSPS) is 13.0. The van der Waals surface area contributed by atoms with E-state index in [-0.39, 0.29) is 11.9 Å². The van der Waals surface area contributed by atoms with Crippen molar-refractivity contribution in [3.05, 3.63) is 59.2 Å². The second-order valence-corrected chi connectivity index (χ2v) is 6.28. The standard InChI is InChI=1S/C21H27NO3/c1-6-20(25-18-9-7-8-17(13-18)24-5)21(23)22-16(4)19-11-10-14(2)12-15(19)3/h7-13,16,20H,6H2,1-5H3,(H,22,23). The molecule has 2 atom stereocenters. The highest BCUT2D eigenvalue weighted by molar-refractivity contribution is 5.81. The highest BCUT2D eigenvalue weighted by Gasteiger charge is 2.21. The van der Waals surface area contributed by atoms with Crippen LogP contribution in [0, 0.1) is 13.8 Å². The predicted molar refractivity (Wildman–Crippen MR) is 100 cm³/mol. The molecule has 2 aromatic carbocycles. The quantitative estimate of drug-likeness (QED) is 0.814. The first-order valence-electron chi connectivity index (χ1n) is 8.62. The van der Waals surface area contributed by atoms with E-state index in [0.29, 0.717) is 17.9 Å². The van der Waals surface area contributed by atoms with Gasteiger partial charge in [0, 0.05) is 6.07 Å². The highest BCUT2D eigenvalue weighted by atomic mass is 16.5. The van der Waals surface area contributed by atoms with Gasteiger partial charge in [-0.05, 0) is 50.5 Å². The molecule has 2 rings (SSSR count). The highest BCUT2D eigenvalue weighted by Crippen LogP contribution is 2.22. The van der Waals surface area contributed by atoms with Crippen LogP contribution >= 0.6 is 0 Å². The molecule has 0 radical (unpaired) electrons. The van der Waals surface area contributed by atoms with Crippen molar-refractivity contribution >= 4 is 5.91 Å². The first-order valence-corrected chi connectivity index (χ1v) is 8.62. The Bertz CT molecular complexity index is 727. The lowest BCUT2D eigenvalue weighted by Gasteiger charge is -2.22. The second kappa shape index (κ2) is 8.56. The number of carbonyl (C=O) groups excluding carboxylic acids is 1. The number of carbonyl (C=O) groups is 1. The molecule has 2 unspecified atom stereocenters. The van der Waals surface area contributed by atoms with E-state index in [9.17, 15) is 4.79 Å². The lowest BCUT2D eigenvalue weighted by molar-refractivity contribution is -0.128. The average molecular weight is 341 g/mol. The minimum absolute atomic E-state index is 0.0731. The van der Waals surface area contributed by atoms with Crippen molar-refractivity contribution in [3.8, 4) is 11.5 Å². The number of benzene rings is 2. The van der Waals surface area contributed by atoms with E-state index in [1.165, 1.54) is 11.1 Å².